The maximum absolute atomic E-state index is 13.7. The largest absolute Gasteiger partial charge is 0.398 e. The first-order valence-electron chi connectivity index (χ1n) is 6.57. The van der Waals surface area contributed by atoms with Gasteiger partial charge in [-0.3, -0.25) is 4.79 Å². The van der Waals surface area contributed by atoms with Crippen molar-refractivity contribution in [1.29, 1.82) is 0 Å². The highest BCUT2D eigenvalue weighted by Crippen LogP contribution is 2.23. The summed E-state index contributed by atoms with van der Waals surface area (Å²) in [6, 6.07) is 8.29. The number of nitrogens with two attached hydrogens (primary N) is 1. The SMILES string of the molecule is CCc1cc(Br)ccc1NC(=O)c1cc(N)c(C)c(F)c1. The van der Waals surface area contributed by atoms with Crippen molar-refractivity contribution in [2.24, 2.45) is 0 Å². The Kier molecular flexibility index (Phi) is 4.63. The number of hydrogen-bond acceptors (Lipinski definition) is 2. The first kappa shape index (κ1) is 15.5. The van der Waals surface area contributed by atoms with Gasteiger partial charge in [0, 0.05) is 27.0 Å². The minimum Gasteiger partial charge on any atom is -0.398 e. The molecular weight excluding hydrogens is 335 g/mol. The van der Waals surface area contributed by atoms with Gasteiger partial charge in [-0.2, -0.15) is 0 Å². The Balaban J connectivity index is 2.30. The van der Waals surface area contributed by atoms with Crippen LogP contribution in [0.2, 0.25) is 0 Å². The third-order valence-corrected chi connectivity index (χ3v) is 3.84. The van der Waals surface area contributed by atoms with Crippen molar-refractivity contribution in [3.05, 3.63) is 57.3 Å². The maximum Gasteiger partial charge on any atom is 0.255 e. The number of nitrogen functional groups attached to an aromatic ring is 1. The number of nitrogens with one attached hydrogen (secondary N) is 1. The Morgan fingerprint density at radius 3 is 2.67 bits per heavy atom. The van der Waals surface area contributed by atoms with Crippen LogP contribution in [0.1, 0.15) is 28.4 Å². The highest BCUT2D eigenvalue weighted by Gasteiger charge is 2.13. The molecular formula is C16H16BrFN2O. The minimum atomic E-state index is -0.480. The van der Waals surface area contributed by atoms with E-state index in [0.29, 0.717) is 11.3 Å². The highest BCUT2D eigenvalue weighted by molar-refractivity contribution is 9.10. The second-order valence-electron chi connectivity index (χ2n) is 4.78. The lowest BCUT2D eigenvalue weighted by molar-refractivity contribution is 0.102. The molecule has 0 saturated heterocycles. The second kappa shape index (κ2) is 6.26. The average Bonchev–Trinajstić information content (AvgIpc) is 2.45. The van der Waals surface area contributed by atoms with Crippen LogP contribution in [0.25, 0.3) is 0 Å². The molecule has 2 rings (SSSR count). The molecule has 1 amide bonds. The van der Waals surface area contributed by atoms with E-state index in [1.54, 1.807) is 6.92 Å². The highest BCUT2D eigenvalue weighted by atomic mass is 79.9. The Labute approximate surface area is 131 Å². The molecule has 0 heterocycles. The molecule has 0 atom stereocenters. The van der Waals surface area contributed by atoms with Gasteiger partial charge in [-0.1, -0.05) is 22.9 Å². The summed E-state index contributed by atoms with van der Waals surface area (Å²) in [5, 5.41) is 2.80. The van der Waals surface area contributed by atoms with E-state index in [1.165, 1.54) is 12.1 Å². The van der Waals surface area contributed by atoms with Crippen molar-refractivity contribution in [2.75, 3.05) is 11.1 Å². The third-order valence-electron chi connectivity index (χ3n) is 3.34. The molecule has 0 fully saturated rings. The summed E-state index contributed by atoms with van der Waals surface area (Å²) in [7, 11) is 0. The van der Waals surface area contributed by atoms with Gasteiger partial charge in [-0.15, -0.1) is 0 Å². The summed E-state index contributed by atoms with van der Waals surface area (Å²) < 4.78 is 14.6. The molecule has 0 unspecified atom stereocenters. The molecule has 0 bridgehead atoms. The van der Waals surface area contributed by atoms with Gasteiger partial charge in [0.1, 0.15) is 5.82 Å². The first-order valence-corrected chi connectivity index (χ1v) is 7.37. The smallest absolute Gasteiger partial charge is 0.255 e. The van der Waals surface area contributed by atoms with Crippen LogP contribution in [0.3, 0.4) is 0 Å². The number of halogens is 2. The molecule has 0 spiro atoms. The van der Waals surface area contributed by atoms with Gasteiger partial charge in [0.2, 0.25) is 0 Å². The van der Waals surface area contributed by atoms with Crippen LogP contribution in [-0.2, 0) is 6.42 Å². The number of carbonyl (C=O) groups is 1. The molecule has 3 nitrogen and oxygen atoms in total. The van der Waals surface area contributed by atoms with E-state index >= 15 is 0 Å². The topological polar surface area (TPSA) is 55.1 Å². The molecule has 0 aliphatic carbocycles. The summed E-state index contributed by atoms with van der Waals surface area (Å²) in [5.41, 5.74) is 8.24. The zero-order valence-electron chi connectivity index (χ0n) is 11.8. The van der Waals surface area contributed by atoms with E-state index in [9.17, 15) is 9.18 Å². The fourth-order valence-corrected chi connectivity index (χ4v) is 2.41. The molecule has 0 aliphatic heterocycles. The van der Waals surface area contributed by atoms with Crippen molar-refractivity contribution in [3.8, 4) is 0 Å². The molecule has 2 aromatic rings. The first-order chi connectivity index (χ1) is 9.92. The van der Waals surface area contributed by atoms with Crippen LogP contribution in [0.15, 0.2) is 34.8 Å². The summed E-state index contributed by atoms with van der Waals surface area (Å²) >= 11 is 3.40. The van der Waals surface area contributed by atoms with Gasteiger partial charge in [0.15, 0.2) is 0 Å². The quantitative estimate of drug-likeness (QED) is 0.811. The Morgan fingerprint density at radius 1 is 1.33 bits per heavy atom. The van der Waals surface area contributed by atoms with Gasteiger partial charge in [0.25, 0.3) is 5.91 Å². The molecule has 110 valence electrons. The standard InChI is InChI=1S/C16H16BrFN2O/c1-3-10-6-12(17)4-5-15(10)20-16(21)11-7-13(18)9(2)14(19)8-11/h4-8H,3,19H2,1-2H3,(H,20,21). The van der Waals surface area contributed by atoms with Crippen LogP contribution < -0.4 is 11.1 Å². The molecule has 3 N–H and O–H groups in total. The van der Waals surface area contributed by atoms with E-state index in [4.69, 9.17) is 5.73 Å². The Morgan fingerprint density at radius 2 is 2.05 bits per heavy atom. The number of hydrogen-bond donors (Lipinski definition) is 2. The summed E-state index contributed by atoms with van der Waals surface area (Å²) in [6.07, 6.45) is 0.777. The Bertz CT molecular complexity index is 678. The monoisotopic (exact) mass is 350 g/mol. The van der Waals surface area contributed by atoms with E-state index < -0.39 is 5.82 Å². The molecule has 2 aromatic carbocycles. The summed E-state index contributed by atoms with van der Waals surface area (Å²) in [4.78, 5) is 12.2. The van der Waals surface area contributed by atoms with E-state index in [2.05, 4.69) is 21.2 Å². The molecule has 0 aliphatic rings. The minimum absolute atomic E-state index is 0.209. The molecule has 0 aromatic heterocycles. The van der Waals surface area contributed by atoms with E-state index in [0.717, 1.165) is 16.5 Å². The lowest BCUT2D eigenvalue weighted by Gasteiger charge is -2.11. The van der Waals surface area contributed by atoms with E-state index in [-0.39, 0.29) is 17.2 Å². The lowest BCUT2D eigenvalue weighted by atomic mass is 10.1. The van der Waals surface area contributed by atoms with Crippen LogP contribution in [0.4, 0.5) is 15.8 Å². The van der Waals surface area contributed by atoms with Gasteiger partial charge in [-0.05, 0) is 49.2 Å². The third kappa shape index (κ3) is 3.42. The zero-order valence-corrected chi connectivity index (χ0v) is 13.4. The van der Waals surface area contributed by atoms with Gasteiger partial charge in [0.05, 0.1) is 0 Å². The second-order valence-corrected chi connectivity index (χ2v) is 5.70. The fraction of sp³-hybridized carbons (Fsp3) is 0.188. The molecule has 0 radical (unpaired) electrons. The predicted octanol–water partition coefficient (Wildman–Crippen LogP) is 4.29. The van der Waals surface area contributed by atoms with Crippen LogP contribution in [0.5, 0.6) is 0 Å². The van der Waals surface area contributed by atoms with Gasteiger partial charge in [-0.25, -0.2) is 4.39 Å². The van der Waals surface area contributed by atoms with Crippen molar-refractivity contribution >= 4 is 33.2 Å². The van der Waals surface area contributed by atoms with Crippen LogP contribution in [-0.4, -0.2) is 5.91 Å². The summed E-state index contributed by atoms with van der Waals surface area (Å²) in [6.45, 7) is 3.58. The normalized spacial score (nSPS) is 10.5. The van der Waals surface area contributed by atoms with Crippen molar-refractivity contribution in [3.63, 3.8) is 0 Å². The number of aryl methyl sites for hydroxylation is 1. The van der Waals surface area contributed by atoms with Gasteiger partial charge < -0.3 is 11.1 Å². The number of carbonyl (C=O) groups excluding carboxylic acids is 1. The summed E-state index contributed by atoms with van der Waals surface area (Å²) in [5.74, 6) is -0.857. The number of anilines is 2. The van der Waals surface area contributed by atoms with Gasteiger partial charge >= 0.3 is 0 Å². The zero-order chi connectivity index (χ0) is 15.6. The predicted molar refractivity (Wildman–Crippen MR) is 87.0 cm³/mol. The van der Waals surface area contributed by atoms with Crippen LogP contribution >= 0.6 is 15.9 Å². The molecule has 5 heteroatoms. The number of benzene rings is 2. The van der Waals surface area contributed by atoms with E-state index in [1.807, 2.05) is 25.1 Å². The van der Waals surface area contributed by atoms with Crippen molar-refractivity contribution in [2.45, 2.75) is 20.3 Å². The maximum atomic E-state index is 13.7. The number of amides is 1. The average molecular weight is 351 g/mol. The lowest BCUT2D eigenvalue weighted by Crippen LogP contribution is -2.14. The fourth-order valence-electron chi connectivity index (χ4n) is 2.00. The Hall–Kier alpha value is -1.88. The number of rotatable bonds is 3. The van der Waals surface area contributed by atoms with Crippen LogP contribution in [0, 0.1) is 12.7 Å². The van der Waals surface area contributed by atoms with Crippen molar-refractivity contribution in [1.82, 2.24) is 0 Å². The van der Waals surface area contributed by atoms with Crippen molar-refractivity contribution < 1.29 is 9.18 Å². The molecule has 21 heavy (non-hydrogen) atoms. The molecule has 0 saturated carbocycles.